The minimum atomic E-state index is 0.0232. The Labute approximate surface area is 124 Å². The summed E-state index contributed by atoms with van der Waals surface area (Å²) in [6, 6.07) is 4.39. The molecule has 0 fully saturated rings. The lowest BCUT2D eigenvalue weighted by molar-refractivity contribution is 0.299. The topological polar surface area (TPSA) is 29.5 Å². The van der Waals surface area contributed by atoms with Gasteiger partial charge in [0.1, 0.15) is 5.75 Å². The fraction of sp³-hybridized carbons (Fsp3) is 0.667. The SMILES string of the molecule is CCC(C)(C)c1cc(CCO)cc(C(C)(C)C)c1OC. The maximum absolute atomic E-state index is 9.26. The van der Waals surface area contributed by atoms with E-state index in [1.54, 1.807) is 7.11 Å². The van der Waals surface area contributed by atoms with Crippen molar-refractivity contribution < 1.29 is 9.84 Å². The van der Waals surface area contributed by atoms with Crippen molar-refractivity contribution in [1.29, 1.82) is 0 Å². The van der Waals surface area contributed by atoms with Gasteiger partial charge in [-0.3, -0.25) is 0 Å². The minimum absolute atomic E-state index is 0.0232. The zero-order chi connectivity index (χ0) is 15.6. The molecule has 0 spiro atoms. The maximum atomic E-state index is 9.26. The first kappa shape index (κ1) is 17.0. The fourth-order valence-electron chi connectivity index (χ4n) is 2.43. The molecule has 1 rings (SSSR count). The molecule has 1 N–H and O–H groups in total. The molecule has 0 unspecified atom stereocenters. The molecule has 114 valence electrons. The lowest BCUT2D eigenvalue weighted by Crippen LogP contribution is -2.21. The molecule has 2 nitrogen and oxygen atoms in total. The van der Waals surface area contributed by atoms with Crippen molar-refractivity contribution in [3.63, 3.8) is 0 Å². The number of benzene rings is 1. The van der Waals surface area contributed by atoms with Crippen molar-refractivity contribution in [3.8, 4) is 5.75 Å². The summed E-state index contributed by atoms with van der Waals surface area (Å²) in [7, 11) is 1.76. The van der Waals surface area contributed by atoms with Gasteiger partial charge in [-0.1, -0.05) is 53.7 Å². The first-order valence-corrected chi connectivity index (χ1v) is 7.50. The van der Waals surface area contributed by atoms with Crippen molar-refractivity contribution in [1.82, 2.24) is 0 Å². The molecule has 0 saturated carbocycles. The van der Waals surface area contributed by atoms with E-state index in [1.165, 1.54) is 16.7 Å². The van der Waals surface area contributed by atoms with E-state index in [-0.39, 0.29) is 17.4 Å². The Kier molecular flexibility index (Phi) is 5.26. The normalized spacial score (nSPS) is 12.6. The van der Waals surface area contributed by atoms with Crippen LogP contribution in [0.4, 0.5) is 0 Å². The Hall–Kier alpha value is -1.02. The minimum Gasteiger partial charge on any atom is -0.496 e. The molecular weight excluding hydrogens is 248 g/mol. The third-order valence-corrected chi connectivity index (χ3v) is 4.17. The first-order valence-electron chi connectivity index (χ1n) is 7.50. The summed E-state index contributed by atoms with van der Waals surface area (Å²) in [6.45, 7) is 13.5. The highest BCUT2D eigenvalue weighted by Crippen LogP contribution is 2.41. The molecule has 0 atom stereocenters. The van der Waals surface area contributed by atoms with Crippen LogP contribution in [0.3, 0.4) is 0 Å². The molecule has 0 amide bonds. The van der Waals surface area contributed by atoms with Gasteiger partial charge >= 0.3 is 0 Å². The molecule has 1 aromatic rings. The van der Waals surface area contributed by atoms with Gasteiger partial charge in [-0.05, 0) is 29.2 Å². The summed E-state index contributed by atoms with van der Waals surface area (Å²) in [5, 5.41) is 9.26. The van der Waals surface area contributed by atoms with E-state index in [0.717, 1.165) is 12.2 Å². The van der Waals surface area contributed by atoms with Gasteiger partial charge in [0.15, 0.2) is 0 Å². The highest BCUT2D eigenvalue weighted by Gasteiger charge is 2.28. The number of hydrogen-bond acceptors (Lipinski definition) is 2. The quantitative estimate of drug-likeness (QED) is 0.874. The molecule has 2 heteroatoms. The summed E-state index contributed by atoms with van der Waals surface area (Å²) in [4.78, 5) is 0. The first-order chi connectivity index (χ1) is 9.17. The molecule has 1 aromatic carbocycles. The summed E-state index contributed by atoms with van der Waals surface area (Å²) in [6.07, 6.45) is 1.75. The van der Waals surface area contributed by atoms with Crippen LogP contribution in [0.15, 0.2) is 12.1 Å². The van der Waals surface area contributed by atoms with E-state index in [9.17, 15) is 5.11 Å². The van der Waals surface area contributed by atoms with Gasteiger partial charge in [0.2, 0.25) is 0 Å². The highest BCUT2D eigenvalue weighted by atomic mass is 16.5. The second kappa shape index (κ2) is 6.17. The molecule has 0 saturated heterocycles. The average Bonchev–Trinajstić information content (AvgIpc) is 2.37. The van der Waals surface area contributed by atoms with Crippen LogP contribution >= 0.6 is 0 Å². The van der Waals surface area contributed by atoms with E-state index < -0.39 is 0 Å². The lowest BCUT2D eigenvalue weighted by Gasteiger charge is -2.31. The van der Waals surface area contributed by atoms with Gasteiger partial charge in [-0.15, -0.1) is 0 Å². The van der Waals surface area contributed by atoms with Gasteiger partial charge in [-0.2, -0.15) is 0 Å². The molecule has 0 bridgehead atoms. The predicted octanol–water partition coefficient (Wildman–Crippen LogP) is 4.22. The molecule has 0 aliphatic rings. The van der Waals surface area contributed by atoms with Crippen molar-refractivity contribution in [3.05, 3.63) is 28.8 Å². The number of rotatable bonds is 5. The smallest absolute Gasteiger partial charge is 0.126 e. The largest absolute Gasteiger partial charge is 0.496 e. The number of methoxy groups -OCH3 is 1. The van der Waals surface area contributed by atoms with Crippen LogP contribution in [0.5, 0.6) is 5.75 Å². The molecular formula is C18H30O2. The molecule has 0 aromatic heterocycles. The number of ether oxygens (including phenoxy) is 1. The van der Waals surface area contributed by atoms with E-state index in [1.807, 2.05) is 0 Å². The van der Waals surface area contributed by atoms with E-state index in [0.29, 0.717) is 6.42 Å². The van der Waals surface area contributed by atoms with Crippen LogP contribution in [0.1, 0.15) is 64.7 Å². The molecule has 0 heterocycles. The third kappa shape index (κ3) is 3.54. The average molecular weight is 278 g/mol. The summed E-state index contributed by atoms with van der Waals surface area (Å²) in [5.41, 5.74) is 3.75. The van der Waals surface area contributed by atoms with Gasteiger partial charge in [0.05, 0.1) is 7.11 Å². The van der Waals surface area contributed by atoms with Gasteiger partial charge in [0, 0.05) is 17.7 Å². The molecule has 0 aliphatic carbocycles. The van der Waals surface area contributed by atoms with Crippen LogP contribution in [-0.4, -0.2) is 18.8 Å². The Bertz CT molecular complexity index is 453. The predicted molar refractivity (Wildman–Crippen MR) is 85.8 cm³/mol. The summed E-state index contributed by atoms with van der Waals surface area (Å²) >= 11 is 0. The number of hydrogen-bond donors (Lipinski definition) is 1. The van der Waals surface area contributed by atoms with Crippen LogP contribution in [-0.2, 0) is 17.3 Å². The maximum Gasteiger partial charge on any atom is 0.126 e. The Morgan fingerprint density at radius 1 is 1.05 bits per heavy atom. The molecule has 0 radical (unpaired) electrons. The Morgan fingerprint density at radius 3 is 2.00 bits per heavy atom. The van der Waals surface area contributed by atoms with Crippen LogP contribution in [0.2, 0.25) is 0 Å². The number of aliphatic hydroxyl groups is 1. The standard InChI is InChI=1S/C18H30O2/c1-8-18(5,6)15-12-13(9-10-19)11-14(16(15)20-7)17(2,3)4/h11-12,19H,8-10H2,1-7H3. The zero-order valence-corrected chi connectivity index (χ0v) is 14.1. The zero-order valence-electron chi connectivity index (χ0n) is 14.1. The summed E-state index contributed by atoms with van der Waals surface area (Å²) < 4.78 is 5.76. The van der Waals surface area contributed by atoms with Crippen LogP contribution in [0, 0.1) is 0 Å². The van der Waals surface area contributed by atoms with Gasteiger partial charge in [-0.25, -0.2) is 0 Å². The molecule has 20 heavy (non-hydrogen) atoms. The van der Waals surface area contributed by atoms with Crippen LogP contribution < -0.4 is 4.74 Å². The summed E-state index contributed by atoms with van der Waals surface area (Å²) in [5.74, 6) is 1.01. The monoisotopic (exact) mass is 278 g/mol. The van der Waals surface area contributed by atoms with Crippen molar-refractivity contribution in [2.45, 2.75) is 65.2 Å². The van der Waals surface area contributed by atoms with Gasteiger partial charge in [0.25, 0.3) is 0 Å². The lowest BCUT2D eigenvalue weighted by atomic mass is 9.76. The van der Waals surface area contributed by atoms with Crippen molar-refractivity contribution in [2.75, 3.05) is 13.7 Å². The Balaban J connectivity index is 3.59. The Morgan fingerprint density at radius 2 is 1.60 bits per heavy atom. The van der Waals surface area contributed by atoms with E-state index in [2.05, 4.69) is 53.7 Å². The second-order valence-electron chi connectivity index (χ2n) is 7.19. The fourth-order valence-corrected chi connectivity index (χ4v) is 2.43. The van der Waals surface area contributed by atoms with Crippen molar-refractivity contribution >= 4 is 0 Å². The third-order valence-electron chi connectivity index (χ3n) is 4.17. The van der Waals surface area contributed by atoms with Crippen LogP contribution in [0.25, 0.3) is 0 Å². The number of aliphatic hydroxyl groups excluding tert-OH is 1. The molecule has 0 aliphatic heterocycles. The van der Waals surface area contributed by atoms with Gasteiger partial charge < -0.3 is 9.84 Å². The second-order valence-corrected chi connectivity index (χ2v) is 7.19. The van der Waals surface area contributed by atoms with Crippen molar-refractivity contribution in [2.24, 2.45) is 0 Å². The van der Waals surface area contributed by atoms with E-state index >= 15 is 0 Å². The van der Waals surface area contributed by atoms with E-state index in [4.69, 9.17) is 4.74 Å². The highest BCUT2D eigenvalue weighted by molar-refractivity contribution is 5.51.